The Morgan fingerprint density at radius 3 is 2.65 bits per heavy atom. The van der Waals surface area contributed by atoms with Crippen molar-refractivity contribution in [2.45, 2.75) is 46.7 Å². The molecule has 1 aliphatic rings. The van der Waals surface area contributed by atoms with Gasteiger partial charge in [-0.1, -0.05) is 39.8 Å². The molecule has 0 bridgehead atoms. The number of hydrogen-bond acceptors (Lipinski definition) is 4. The zero-order valence-corrected chi connectivity index (χ0v) is 18.3. The molecular weight excluding hydrogens is 394 g/mol. The maximum absolute atomic E-state index is 12.5. The van der Waals surface area contributed by atoms with Crippen molar-refractivity contribution >= 4 is 5.97 Å². The van der Waals surface area contributed by atoms with E-state index in [1.807, 2.05) is 39.6 Å². The highest BCUT2D eigenvalue weighted by atomic mass is 16.5. The van der Waals surface area contributed by atoms with E-state index in [9.17, 15) is 14.7 Å². The Kier molecular flexibility index (Phi) is 5.21. The molecule has 0 saturated carbocycles. The predicted molar refractivity (Wildman–Crippen MR) is 119 cm³/mol. The van der Waals surface area contributed by atoms with Crippen LogP contribution in [0.25, 0.3) is 22.6 Å². The average Bonchev–Trinajstić information content (AvgIpc) is 3.15. The van der Waals surface area contributed by atoms with Gasteiger partial charge in [0.1, 0.15) is 11.3 Å². The summed E-state index contributed by atoms with van der Waals surface area (Å²) in [5.41, 5.74) is 2.21. The lowest BCUT2D eigenvalue weighted by atomic mass is 9.85. The molecule has 31 heavy (non-hydrogen) atoms. The summed E-state index contributed by atoms with van der Waals surface area (Å²) in [6, 6.07) is 11.1. The number of pyridine rings is 1. The number of nitrogens with zero attached hydrogens (tertiary/aromatic N) is 3. The van der Waals surface area contributed by atoms with Gasteiger partial charge in [0, 0.05) is 17.8 Å². The minimum absolute atomic E-state index is 0.0620. The van der Waals surface area contributed by atoms with Gasteiger partial charge >= 0.3 is 5.97 Å². The second-order valence-corrected chi connectivity index (χ2v) is 8.97. The van der Waals surface area contributed by atoms with Gasteiger partial charge in [-0.2, -0.15) is 5.10 Å². The smallest absolute Gasteiger partial charge is 0.341 e. The number of carboxylic acid groups (broad SMARTS) is 1. The molecule has 0 unspecified atom stereocenters. The number of para-hydroxylation sites is 1. The van der Waals surface area contributed by atoms with Crippen molar-refractivity contribution in [2.75, 3.05) is 6.61 Å². The summed E-state index contributed by atoms with van der Waals surface area (Å²) < 4.78 is 9.74. The van der Waals surface area contributed by atoms with Crippen LogP contribution in [0.5, 0.6) is 5.75 Å². The second-order valence-electron chi connectivity index (χ2n) is 8.97. The van der Waals surface area contributed by atoms with Gasteiger partial charge in [0.25, 0.3) is 0 Å². The first-order valence-electron chi connectivity index (χ1n) is 10.5. The molecule has 0 amide bonds. The number of rotatable bonds is 5. The molecular formula is C24H27N3O4. The Morgan fingerprint density at radius 1 is 1.23 bits per heavy atom. The standard InChI is InChI=1S/C24H27N3O4/c1-5-10-31-21-9-7-6-8-15(21)17-11-19-18-12-20(28)16(23(29)30)13-26(18)22(24(2,3)4)14-27(19)25-17/h6-9,11-13,22H,5,10,14H2,1-4H3,(H,29,30)/t22-/m0/s1. The van der Waals surface area contributed by atoms with E-state index in [2.05, 4.69) is 27.7 Å². The topological polar surface area (TPSA) is 86.3 Å². The molecule has 0 saturated heterocycles. The summed E-state index contributed by atoms with van der Waals surface area (Å²) in [7, 11) is 0. The fourth-order valence-corrected chi connectivity index (χ4v) is 4.03. The van der Waals surface area contributed by atoms with E-state index in [0.717, 1.165) is 29.1 Å². The largest absolute Gasteiger partial charge is 0.493 e. The molecule has 7 heteroatoms. The highest BCUT2D eigenvalue weighted by Crippen LogP contribution is 2.41. The van der Waals surface area contributed by atoms with E-state index in [4.69, 9.17) is 9.84 Å². The van der Waals surface area contributed by atoms with Crippen LogP contribution in [-0.4, -0.2) is 32.0 Å². The molecule has 1 N–H and O–H groups in total. The Labute approximate surface area is 180 Å². The first kappa shape index (κ1) is 20.9. The van der Waals surface area contributed by atoms with Gasteiger partial charge in [-0.05, 0) is 30.0 Å². The monoisotopic (exact) mass is 421 g/mol. The highest BCUT2D eigenvalue weighted by Gasteiger charge is 2.34. The van der Waals surface area contributed by atoms with E-state index in [1.54, 1.807) is 0 Å². The fraction of sp³-hybridized carbons (Fsp3) is 0.375. The fourth-order valence-electron chi connectivity index (χ4n) is 4.03. The molecule has 7 nitrogen and oxygen atoms in total. The molecule has 162 valence electrons. The predicted octanol–water partition coefficient (Wildman–Crippen LogP) is 4.47. The third-order valence-corrected chi connectivity index (χ3v) is 5.66. The van der Waals surface area contributed by atoms with Crippen LogP contribution in [0, 0.1) is 5.41 Å². The number of aromatic nitrogens is 3. The van der Waals surface area contributed by atoms with E-state index < -0.39 is 11.4 Å². The molecule has 0 aliphatic carbocycles. The number of carboxylic acids is 1. The maximum atomic E-state index is 12.5. The molecule has 2 aromatic heterocycles. The maximum Gasteiger partial charge on any atom is 0.341 e. The van der Waals surface area contributed by atoms with E-state index in [0.29, 0.717) is 18.8 Å². The van der Waals surface area contributed by atoms with Crippen LogP contribution in [0.1, 0.15) is 50.5 Å². The van der Waals surface area contributed by atoms with Crippen LogP contribution in [0.15, 0.2) is 47.4 Å². The van der Waals surface area contributed by atoms with Gasteiger partial charge in [-0.3, -0.25) is 9.48 Å². The van der Waals surface area contributed by atoms with Crippen molar-refractivity contribution in [1.29, 1.82) is 0 Å². The van der Waals surface area contributed by atoms with Crippen LogP contribution >= 0.6 is 0 Å². The van der Waals surface area contributed by atoms with E-state index in [1.165, 1.54) is 12.3 Å². The minimum atomic E-state index is -1.21. The molecule has 1 aromatic carbocycles. The zero-order chi connectivity index (χ0) is 22.3. The number of hydrogen-bond donors (Lipinski definition) is 1. The molecule has 4 rings (SSSR count). The van der Waals surface area contributed by atoms with Crippen molar-refractivity contribution in [3.63, 3.8) is 0 Å². The van der Waals surface area contributed by atoms with Crippen LogP contribution in [-0.2, 0) is 6.54 Å². The minimum Gasteiger partial charge on any atom is -0.493 e. The third-order valence-electron chi connectivity index (χ3n) is 5.66. The van der Waals surface area contributed by atoms with Gasteiger partial charge in [0.2, 0.25) is 0 Å². The molecule has 0 fully saturated rings. The number of carbonyl (C=O) groups is 1. The molecule has 0 radical (unpaired) electrons. The SMILES string of the molecule is CCCOc1ccccc1-c1cc2n(n1)C[C@@H](C(C)(C)C)n1cc(C(=O)O)c(=O)cc1-2. The third kappa shape index (κ3) is 3.76. The van der Waals surface area contributed by atoms with Gasteiger partial charge in [-0.25, -0.2) is 4.79 Å². The Hall–Kier alpha value is -3.35. The number of ether oxygens (including phenoxy) is 1. The number of benzene rings is 1. The van der Waals surface area contributed by atoms with Crippen LogP contribution in [0.4, 0.5) is 0 Å². The van der Waals surface area contributed by atoms with Gasteiger partial charge in [-0.15, -0.1) is 0 Å². The lowest BCUT2D eigenvalue weighted by Crippen LogP contribution is -2.35. The van der Waals surface area contributed by atoms with Gasteiger partial charge in [0.05, 0.1) is 36.3 Å². The average molecular weight is 421 g/mol. The summed E-state index contributed by atoms with van der Waals surface area (Å²) >= 11 is 0. The normalized spacial score (nSPS) is 15.3. The molecule has 3 aromatic rings. The molecule has 0 spiro atoms. The van der Waals surface area contributed by atoms with Gasteiger partial charge < -0.3 is 14.4 Å². The van der Waals surface area contributed by atoms with Crippen LogP contribution in [0.2, 0.25) is 0 Å². The van der Waals surface area contributed by atoms with Crippen molar-refractivity contribution in [3.8, 4) is 28.4 Å². The first-order valence-corrected chi connectivity index (χ1v) is 10.5. The molecule has 1 aliphatic heterocycles. The molecule has 1 atom stereocenters. The van der Waals surface area contributed by atoms with Gasteiger partial charge in [0.15, 0.2) is 5.43 Å². The second kappa shape index (κ2) is 7.72. The van der Waals surface area contributed by atoms with Crippen LogP contribution in [0.3, 0.4) is 0 Å². The lowest BCUT2D eigenvalue weighted by Gasteiger charge is -2.38. The Bertz CT molecular complexity index is 1200. The van der Waals surface area contributed by atoms with Crippen molar-refractivity contribution in [1.82, 2.24) is 14.3 Å². The summed E-state index contributed by atoms with van der Waals surface area (Å²) in [5, 5.41) is 14.3. The van der Waals surface area contributed by atoms with E-state index >= 15 is 0 Å². The van der Waals surface area contributed by atoms with Crippen molar-refractivity contribution in [2.24, 2.45) is 5.41 Å². The van der Waals surface area contributed by atoms with Crippen LogP contribution < -0.4 is 10.2 Å². The highest BCUT2D eigenvalue weighted by molar-refractivity contribution is 5.87. The Balaban J connectivity index is 1.89. The summed E-state index contributed by atoms with van der Waals surface area (Å²) in [6.07, 6.45) is 2.38. The summed E-state index contributed by atoms with van der Waals surface area (Å²) in [4.78, 5) is 24.1. The quantitative estimate of drug-likeness (QED) is 0.657. The zero-order valence-electron chi connectivity index (χ0n) is 18.3. The first-order chi connectivity index (χ1) is 14.7. The number of fused-ring (bicyclic) bond motifs is 3. The summed E-state index contributed by atoms with van der Waals surface area (Å²) in [5.74, 6) is -0.444. The lowest BCUT2D eigenvalue weighted by molar-refractivity contribution is 0.0693. The van der Waals surface area contributed by atoms with Crippen molar-refractivity contribution in [3.05, 3.63) is 58.4 Å². The Morgan fingerprint density at radius 2 is 1.97 bits per heavy atom. The van der Waals surface area contributed by atoms with Crippen molar-refractivity contribution < 1.29 is 14.6 Å². The van der Waals surface area contributed by atoms with E-state index in [-0.39, 0.29) is 17.0 Å². The summed E-state index contributed by atoms with van der Waals surface area (Å²) in [6.45, 7) is 9.55. The number of aromatic carboxylic acids is 1. The molecule has 3 heterocycles.